The highest BCUT2D eigenvalue weighted by molar-refractivity contribution is 5.62. The fraction of sp³-hybridized carbons (Fsp3) is 0.417. The number of hydrogen-bond donors (Lipinski definition) is 0. The number of nitro groups is 1. The van der Waals surface area contributed by atoms with Crippen LogP contribution < -0.4 is 4.90 Å². The maximum Gasteiger partial charge on any atom is 0.310 e. The number of hydrogen-bond acceptors (Lipinski definition) is 5. The first-order chi connectivity index (χ1) is 9.11. The van der Waals surface area contributed by atoms with E-state index < -0.39 is 10.9 Å². The summed E-state index contributed by atoms with van der Waals surface area (Å²) in [6.45, 7) is 7.26. The fourth-order valence-corrected chi connectivity index (χ4v) is 2.16. The summed E-state index contributed by atoms with van der Waals surface area (Å²) in [6, 6.07) is 1.13. The molecule has 1 aromatic rings. The molecular formula is C12H15FN4O2. The minimum atomic E-state index is -0.700. The minimum Gasteiger partial charge on any atom is -0.363 e. The van der Waals surface area contributed by atoms with Crippen LogP contribution in [-0.2, 0) is 0 Å². The molecule has 102 valence electrons. The lowest BCUT2D eigenvalue weighted by atomic mass is 10.2. The van der Waals surface area contributed by atoms with Gasteiger partial charge in [-0.1, -0.05) is 6.08 Å². The van der Waals surface area contributed by atoms with Crippen LogP contribution in [-0.4, -0.2) is 47.5 Å². The smallest absolute Gasteiger partial charge is 0.310 e. The highest BCUT2D eigenvalue weighted by Gasteiger charge is 2.24. The summed E-state index contributed by atoms with van der Waals surface area (Å²) >= 11 is 0. The minimum absolute atomic E-state index is 0.154. The molecule has 19 heavy (non-hydrogen) atoms. The van der Waals surface area contributed by atoms with E-state index in [1.807, 2.05) is 11.0 Å². The van der Waals surface area contributed by atoms with Crippen LogP contribution in [0, 0.1) is 16.1 Å². The third kappa shape index (κ3) is 3.05. The summed E-state index contributed by atoms with van der Waals surface area (Å²) in [4.78, 5) is 17.8. The average Bonchev–Trinajstić information content (AvgIpc) is 2.39. The molecule has 7 heteroatoms. The highest BCUT2D eigenvalue weighted by atomic mass is 19.1. The molecular weight excluding hydrogens is 251 g/mol. The molecule has 0 N–H and O–H groups in total. The molecule has 0 radical (unpaired) electrons. The van der Waals surface area contributed by atoms with Crippen LogP contribution in [0.3, 0.4) is 0 Å². The van der Waals surface area contributed by atoms with E-state index in [0.717, 1.165) is 31.9 Å². The lowest BCUT2D eigenvalue weighted by molar-refractivity contribution is -0.384. The number of nitrogens with zero attached hydrogens (tertiary/aromatic N) is 4. The monoisotopic (exact) mass is 266 g/mol. The fourth-order valence-electron chi connectivity index (χ4n) is 2.16. The van der Waals surface area contributed by atoms with Crippen molar-refractivity contribution >= 4 is 11.4 Å². The third-order valence-electron chi connectivity index (χ3n) is 3.13. The Morgan fingerprint density at radius 1 is 1.47 bits per heavy atom. The van der Waals surface area contributed by atoms with Gasteiger partial charge in [-0.25, -0.2) is 4.98 Å². The zero-order chi connectivity index (χ0) is 13.8. The zero-order valence-electron chi connectivity index (χ0n) is 10.5. The van der Waals surface area contributed by atoms with Gasteiger partial charge in [0.2, 0.25) is 5.95 Å². The highest BCUT2D eigenvalue weighted by Crippen LogP contribution is 2.28. The summed E-state index contributed by atoms with van der Waals surface area (Å²) < 4.78 is 13.2. The second-order valence-corrected chi connectivity index (χ2v) is 4.33. The van der Waals surface area contributed by atoms with E-state index in [1.54, 1.807) is 0 Å². The summed E-state index contributed by atoms with van der Waals surface area (Å²) in [5.41, 5.74) is 0.148. The molecule has 1 fully saturated rings. The van der Waals surface area contributed by atoms with Gasteiger partial charge in [0.1, 0.15) is 11.9 Å². The van der Waals surface area contributed by atoms with Gasteiger partial charge in [-0.2, -0.15) is 4.39 Å². The first-order valence-electron chi connectivity index (χ1n) is 6.00. The van der Waals surface area contributed by atoms with Crippen LogP contribution in [0.2, 0.25) is 0 Å². The second kappa shape index (κ2) is 5.75. The SMILES string of the molecule is C=CCN1CCN(c2cc(F)ncc2[N+](=O)[O-])CC1. The summed E-state index contributed by atoms with van der Waals surface area (Å²) in [7, 11) is 0. The van der Waals surface area contributed by atoms with Crippen molar-refractivity contribution in [3.05, 3.63) is 41.0 Å². The lowest BCUT2D eigenvalue weighted by Crippen LogP contribution is -2.46. The predicted octanol–water partition coefficient (Wildman–Crippen LogP) is 1.44. The van der Waals surface area contributed by atoms with E-state index in [0.29, 0.717) is 18.8 Å². The van der Waals surface area contributed by atoms with Crippen LogP contribution in [0.15, 0.2) is 24.9 Å². The zero-order valence-corrected chi connectivity index (χ0v) is 10.5. The number of halogens is 1. The molecule has 0 spiro atoms. The van der Waals surface area contributed by atoms with Crippen molar-refractivity contribution in [2.45, 2.75) is 0 Å². The van der Waals surface area contributed by atoms with Gasteiger partial charge in [0, 0.05) is 38.8 Å². The van der Waals surface area contributed by atoms with Crippen molar-refractivity contribution in [2.75, 3.05) is 37.6 Å². The molecule has 0 saturated carbocycles. The van der Waals surface area contributed by atoms with E-state index in [-0.39, 0.29) is 5.69 Å². The summed E-state index contributed by atoms with van der Waals surface area (Å²) in [6.07, 6.45) is 2.80. The maximum absolute atomic E-state index is 13.2. The van der Waals surface area contributed by atoms with Crippen LogP contribution >= 0.6 is 0 Å². The molecule has 6 nitrogen and oxygen atoms in total. The van der Waals surface area contributed by atoms with Gasteiger partial charge in [0.15, 0.2) is 0 Å². The standard InChI is InChI=1S/C12H15FN4O2/c1-2-3-15-4-6-16(7-5-15)10-8-12(13)14-9-11(10)17(18)19/h2,8-9H,1,3-7H2. The first-order valence-corrected chi connectivity index (χ1v) is 6.00. The van der Waals surface area contributed by atoms with Gasteiger partial charge in [-0.05, 0) is 0 Å². The van der Waals surface area contributed by atoms with E-state index in [1.165, 1.54) is 0 Å². The quantitative estimate of drug-likeness (QED) is 0.357. The Morgan fingerprint density at radius 3 is 2.74 bits per heavy atom. The van der Waals surface area contributed by atoms with E-state index >= 15 is 0 Å². The van der Waals surface area contributed by atoms with E-state index in [4.69, 9.17) is 0 Å². The molecule has 1 saturated heterocycles. The van der Waals surface area contributed by atoms with Crippen LogP contribution in [0.5, 0.6) is 0 Å². The molecule has 2 rings (SSSR count). The van der Waals surface area contributed by atoms with Crippen LogP contribution in [0.4, 0.5) is 15.8 Å². The number of piperazine rings is 1. The van der Waals surface area contributed by atoms with Crippen molar-refractivity contribution in [3.8, 4) is 0 Å². The second-order valence-electron chi connectivity index (χ2n) is 4.33. The Hall–Kier alpha value is -2.02. The van der Waals surface area contributed by atoms with Crippen molar-refractivity contribution < 1.29 is 9.31 Å². The largest absolute Gasteiger partial charge is 0.363 e. The number of rotatable bonds is 4. The average molecular weight is 266 g/mol. The molecule has 0 aromatic carbocycles. The van der Waals surface area contributed by atoms with Gasteiger partial charge in [0.05, 0.1) is 4.92 Å². The summed E-state index contributed by atoms with van der Waals surface area (Å²) in [5, 5.41) is 10.9. The Labute approximate surface area is 110 Å². The molecule has 0 aliphatic carbocycles. The maximum atomic E-state index is 13.2. The summed E-state index contributed by atoms with van der Waals surface area (Å²) in [5.74, 6) is -0.700. The number of pyridine rings is 1. The lowest BCUT2D eigenvalue weighted by Gasteiger charge is -2.35. The molecule has 0 amide bonds. The van der Waals surface area contributed by atoms with Gasteiger partial charge >= 0.3 is 5.69 Å². The Morgan fingerprint density at radius 2 is 2.16 bits per heavy atom. The molecule has 0 atom stereocenters. The molecule has 2 heterocycles. The van der Waals surface area contributed by atoms with Crippen molar-refractivity contribution in [3.63, 3.8) is 0 Å². The Bertz CT molecular complexity index is 487. The third-order valence-corrected chi connectivity index (χ3v) is 3.13. The number of anilines is 1. The van der Waals surface area contributed by atoms with Gasteiger partial charge in [-0.3, -0.25) is 15.0 Å². The van der Waals surface area contributed by atoms with E-state index in [2.05, 4.69) is 16.5 Å². The van der Waals surface area contributed by atoms with Gasteiger partial charge in [0.25, 0.3) is 0 Å². The molecule has 0 unspecified atom stereocenters. The van der Waals surface area contributed by atoms with Crippen molar-refractivity contribution in [1.82, 2.24) is 9.88 Å². The Balaban J connectivity index is 2.16. The molecule has 1 aromatic heterocycles. The Kier molecular flexibility index (Phi) is 4.06. The molecule has 1 aliphatic rings. The van der Waals surface area contributed by atoms with Gasteiger partial charge < -0.3 is 4.90 Å². The van der Waals surface area contributed by atoms with Crippen molar-refractivity contribution in [2.24, 2.45) is 0 Å². The number of aromatic nitrogens is 1. The van der Waals surface area contributed by atoms with E-state index in [9.17, 15) is 14.5 Å². The predicted molar refractivity (Wildman–Crippen MR) is 69.7 cm³/mol. The van der Waals surface area contributed by atoms with Gasteiger partial charge in [-0.15, -0.1) is 6.58 Å². The van der Waals surface area contributed by atoms with Crippen LogP contribution in [0.1, 0.15) is 0 Å². The topological polar surface area (TPSA) is 62.5 Å². The van der Waals surface area contributed by atoms with Crippen molar-refractivity contribution in [1.29, 1.82) is 0 Å². The van der Waals surface area contributed by atoms with Crippen LogP contribution in [0.25, 0.3) is 0 Å². The molecule has 0 bridgehead atoms. The first kappa shape index (κ1) is 13.4. The molecule has 1 aliphatic heterocycles. The normalized spacial score (nSPS) is 16.4.